The molecule has 158 valence electrons. The molecule has 2 rings (SSSR count). The Hall–Kier alpha value is -0.790. The molecule has 1 aromatic rings. The average molecular weight is 443 g/mol. The molecule has 1 amide bonds. The zero-order chi connectivity index (χ0) is 17.2. The lowest BCUT2D eigenvalue weighted by molar-refractivity contribution is -0.121. The number of nitrogens with two attached hydrogens (primary N) is 1. The summed E-state index contributed by atoms with van der Waals surface area (Å²) in [6.07, 6.45) is 6.64. The molecular formula is C18H34Cl3N5O. The fourth-order valence-electron chi connectivity index (χ4n) is 2.82. The second kappa shape index (κ2) is 16.2. The van der Waals surface area contributed by atoms with Gasteiger partial charge in [0.1, 0.15) is 5.82 Å². The molecule has 0 aliphatic carbocycles. The molecule has 1 aliphatic rings. The van der Waals surface area contributed by atoms with Crippen LogP contribution in [-0.2, 0) is 11.3 Å². The van der Waals surface area contributed by atoms with Crippen molar-refractivity contribution in [2.24, 2.45) is 5.73 Å². The minimum absolute atomic E-state index is 0. The Labute approximate surface area is 181 Å². The predicted octanol–water partition coefficient (Wildman–Crippen LogP) is 2.62. The Morgan fingerprint density at radius 2 is 1.74 bits per heavy atom. The predicted molar refractivity (Wildman–Crippen MR) is 120 cm³/mol. The van der Waals surface area contributed by atoms with Gasteiger partial charge in [-0.05, 0) is 38.1 Å². The van der Waals surface area contributed by atoms with E-state index in [4.69, 9.17) is 5.73 Å². The van der Waals surface area contributed by atoms with Gasteiger partial charge in [-0.2, -0.15) is 0 Å². The highest BCUT2D eigenvalue weighted by molar-refractivity contribution is 5.86. The van der Waals surface area contributed by atoms with Crippen molar-refractivity contribution >= 4 is 48.9 Å². The maximum atomic E-state index is 11.8. The molecule has 1 aromatic heterocycles. The molecular weight excluding hydrogens is 409 g/mol. The number of rotatable bonds is 9. The van der Waals surface area contributed by atoms with Gasteiger partial charge < -0.3 is 20.9 Å². The summed E-state index contributed by atoms with van der Waals surface area (Å²) in [6, 6.07) is 4.11. The average Bonchev–Trinajstić information content (AvgIpc) is 2.61. The standard InChI is InChI=1S/C18H31N5O.3ClH/c1-22-10-12-23(13-11-22)17-8-7-16(14-20-17)15-21-18(24)6-4-2-3-5-9-19;;;/h7-8,14H,2-6,9-13,15,19H2,1H3,(H,21,24);3*1H. The molecule has 27 heavy (non-hydrogen) atoms. The minimum atomic E-state index is 0. The summed E-state index contributed by atoms with van der Waals surface area (Å²) in [5, 5.41) is 2.97. The van der Waals surface area contributed by atoms with E-state index >= 15 is 0 Å². The number of carbonyl (C=O) groups excluding carboxylic acids is 1. The van der Waals surface area contributed by atoms with Gasteiger partial charge in [0.2, 0.25) is 5.91 Å². The van der Waals surface area contributed by atoms with Crippen molar-refractivity contribution < 1.29 is 4.79 Å². The van der Waals surface area contributed by atoms with Crippen LogP contribution in [0.2, 0.25) is 0 Å². The second-order valence-electron chi connectivity index (χ2n) is 6.54. The first-order valence-corrected chi connectivity index (χ1v) is 9.04. The van der Waals surface area contributed by atoms with Gasteiger partial charge in [0, 0.05) is 45.3 Å². The summed E-state index contributed by atoms with van der Waals surface area (Å²) in [4.78, 5) is 21.0. The summed E-state index contributed by atoms with van der Waals surface area (Å²) in [5.74, 6) is 1.14. The van der Waals surface area contributed by atoms with Crippen molar-refractivity contribution in [3.05, 3.63) is 23.9 Å². The number of nitrogens with one attached hydrogen (secondary N) is 1. The van der Waals surface area contributed by atoms with Crippen molar-refractivity contribution in [3.8, 4) is 0 Å². The highest BCUT2D eigenvalue weighted by Crippen LogP contribution is 2.13. The van der Waals surface area contributed by atoms with Crippen LogP contribution in [0, 0.1) is 0 Å². The van der Waals surface area contributed by atoms with Crippen LogP contribution in [0.25, 0.3) is 0 Å². The maximum Gasteiger partial charge on any atom is 0.220 e. The lowest BCUT2D eigenvalue weighted by Gasteiger charge is -2.33. The highest BCUT2D eigenvalue weighted by Gasteiger charge is 2.14. The first-order chi connectivity index (χ1) is 11.7. The largest absolute Gasteiger partial charge is 0.354 e. The Balaban J connectivity index is 0. The number of nitrogens with zero attached hydrogens (tertiary/aromatic N) is 3. The van der Waals surface area contributed by atoms with Crippen LogP contribution in [-0.4, -0.2) is 55.6 Å². The van der Waals surface area contributed by atoms with Crippen LogP contribution in [0.4, 0.5) is 5.82 Å². The zero-order valence-electron chi connectivity index (χ0n) is 16.1. The van der Waals surface area contributed by atoms with Gasteiger partial charge in [0.25, 0.3) is 0 Å². The van der Waals surface area contributed by atoms with Crippen LogP contribution in [0.15, 0.2) is 18.3 Å². The molecule has 6 nitrogen and oxygen atoms in total. The highest BCUT2D eigenvalue weighted by atomic mass is 35.5. The number of amides is 1. The van der Waals surface area contributed by atoms with Crippen molar-refractivity contribution in [3.63, 3.8) is 0 Å². The zero-order valence-corrected chi connectivity index (χ0v) is 18.5. The van der Waals surface area contributed by atoms with Crippen LogP contribution >= 0.6 is 37.2 Å². The van der Waals surface area contributed by atoms with E-state index < -0.39 is 0 Å². The van der Waals surface area contributed by atoms with Crippen LogP contribution in [0.3, 0.4) is 0 Å². The van der Waals surface area contributed by atoms with E-state index in [1.165, 1.54) is 0 Å². The second-order valence-corrected chi connectivity index (χ2v) is 6.54. The van der Waals surface area contributed by atoms with E-state index in [1.54, 1.807) is 0 Å². The molecule has 0 bridgehead atoms. The van der Waals surface area contributed by atoms with Crippen molar-refractivity contribution in [1.82, 2.24) is 15.2 Å². The number of anilines is 1. The Morgan fingerprint density at radius 3 is 2.33 bits per heavy atom. The summed E-state index contributed by atoms with van der Waals surface area (Å²) in [7, 11) is 2.15. The molecule has 9 heteroatoms. The van der Waals surface area contributed by atoms with Crippen molar-refractivity contribution in [1.29, 1.82) is 0 Å². The molecule has 1 fully saturated rings. The van der Waals surface area contributed by atoms with E-state index in [-0.39, 0.29) is 43.1 Å². The third-order valence-corrected chi connectivity index (χ3v) is 4.48. The molecule has 0 spiro atoms. The number of likely N-dealkylation sites (N-methyl/N-ethyl adjacent to an activating group) is 1. The van der Waals surface area contributed by atoms with E-state index in [2.05, 4.69) is 39.3 Å². The van der Waals surface area contributed by atoms with Crippen LogP contribution < -0.4 is 16.0 Å². The van der Waals surface area contributed by atoms with E-state index in [0.717, 1.165) is 69.8 Å². The topological polar surface area (TPSA) is 74.5 Å². The molecule has 0 aromatic carbocycles. The van der Waals surface area contributed by atoms with Gasteiger partial charge in [0.05, 0.1) is 0 Å². The molecule has 0 atom stereocenters. The SMILES string of the molecule is CN1CCN(c2ccc(CNC(=O)CCCCCCN)cn2)CC1.Cl.Cl.Cl. The fourth-order valence-corrected chi connectivity index (χ4v) is 2.82. The summed E-state index contributed by atoms with van der Waals surface area (Å²) in [6.45, 7) is 5.48. The van der Waals surface area contributed by atoms with E-state index in [1.807, 2.05) is 6.20 Å². The number of halogens is 3. The van der Waals surface area contributed by atoms with Crippen molar-refractivity contribution in [2.45, 2.75) is 38.6 Å². The number of pyridine rings is 1. The number of carbonyl (C=O) groups is 1. The van der Waals surface area contributed by atoms with Crippen LogP contribution in [0.1, 0.15) is 37.7 Å². The number of hydrogen-bond acceptors (Lipinski definition) is 5. The first kappa shape index (κ1) is 28.4. The Bertz CT molecular complexity index is 496. The summed E-state index contributed by atoms with van der Waals surface area (Å²) >= 11 is 0. The Kier molecular flexibility index (Phi) is 17.0. The molecule has 2 heterocycles. The lowest BCUT2D eigenvalue weighted by atomic mass is 10.1. The van der Waals surface area contributed by atoms with Gasteiger partial charge >= 0.3 is 0 Å². The molecule has 1 saturated heterocycles. The number of unbranched alkanes of at least 4 members (excludes halogenated alkanes) is 3. The first-order valence-electron chi connectivity index (χ1n) is 9.04. The normalized spacial score (nSPS) is 13.8. The summed E-state index contributed by atoms with van der Waals surface area (Å²) < 4.78 is 0. The van der Waals surface area contributed by atoms with E-state index in [9.17, 15) is 4.79 Å². The molecule has 0 radical (unpaired) electrons. The fraction of sp³-hybridized carbons (Fsp3) is 0.667. The molecule has 0 saturated carbocycles. The van der Waals surface area contributed by atoms with Gasteiger partial charge in [-0.15, -0.1) is 37.2 Å². The molecule has 0 unspecified atom stereocenters. The quantitative estimate of drug-likeness (QED) is 0.575. The minimum Gasteiger partial charge on any atom is -0.354 e. The van der Waals surface area contributed by atoms with Gasteiger partial charge in [-0.25, -0.2) is 4.98 Å². The van der Waals surface area contributed by atoms with Gasteiger partial charge in [-0.1, -0.05) is 18.9 Å². The number of aromatic nitrogens is 1. The molecule has 3 N–H and O–H groups in total. The molecule has 1 aliphatic heterocycles. The summed E-state index contributed by atoms with van der Waals surface area (Å²) in [5.41, 5.74) is 6.50. The van der Waals surface area contributed by atoms with Crippen LogP contribution in [0.5, 0.6) is 0 Å². The number of piperazine rings is 1. The lowest BCUT2D eigenvalue weighted by Crippen LogP contribution is -2.44. The monoisotopic (exact) mass is 441 g/mol. The number of hydrogen-bond donors (Lipinski definition) is 2. The van der Waals surface area contributed by atoms with Gasteiger partial charge in [-0.3, -0.25) is 4.79 Å². The maximum absolute atomic E-state index is 11.8. The van der Waals surface area contributed by atoms with Crippen molar-refractivity contribution in [2.75, 3.05) is 44.7 Å². The third-order valence-electron chi connectivity index (χ3n) is 4.48. The Morgan fingerprint density at radius 1 is 1.07 bits per heavy atom. The van der Waals surface area contributed by atoms with Gasteiger partial charge in [0.15, 0.2) is 0 Å². The third kappa shape index (κ3) is 11.0. The smallest absolute Gasteiger partial charge is 0.220 e. The van der Waals surface area contributed by atoms with E-state index in [0.29, 0.717) is 13.0 Å².